The number of thiophene rings is 1. The second-order valence-electron chi connectivity index (χ2n) is 3.80. The molecule has 4 heteroatoms. The molecule has 3 nitrogen and oxygen atoms in total. The van der Waals surface area contributed by atoms with E-state index in [1.165, 1.54) is 4.88 Å². The lowest BCUT2D eigenvalue weighted by molar-refractivity contribution is -0.137. The molecule has 0 amide bonds. The van der Waals surface area contributed by atoms with E-state index in [9.17, 15) is 4.79 Å². The number of hydrogen-bond donors (Lipinski definition) is 2. The van der Waals surface area contributed by atoms with Crippen molar-refractivity contribution in [1.29, 1.82) is 0 Å². The summed E-state index contributed by atoms with van der Waals surface area (Å²) in [5.74, 6) is -0.875. The Morgan fingerprint density at radius 2 is 2.00 bits per heavy atom. The average molecular weight is 247 g/mol. The van der Waals surface area contributed by atoms with Gasteiger partial charge in [-0.2, -0.15) is 0 Å². The minimum absolute atomic E-state index is 0.0433. The second kappa shape index (κ2) is 5.12. The van der Waals surface area contributed by atoms with Crippen LogP contribution in [-0.4, -0.2) is 11.1 Å². The molecule has 0 spiro atoms. The van der Waals surface area contributed by atoms with Crippen molar-refractivity contribution >= 4 is 17.3 Å². The van der Waals surface area contributed by atoms with E-state index in [-0.39, 0.29) is 6.42 Å². The molecule has 0 aliphatic rings. The van der Waals surface area contributed by atoms with E-state index in [2.05, 4.69) is 6.07 Å². The first kappa shape index (κ1) is 11.8. The predicted octanol–water partition coefficient (Wildman–Crippen LogP) is 2.89. The van der Waals surface area contributed by atoms with Gasteiger partial charge in [0.05, 0.1) is 6.42 Å². The molecule has 0 saturated carbocycles. The molecule has 1 heterocycles. The minimum atomic E-state index is -0.875. The van der Waals surface area contributed by atoms with E-state index in [1.807, 2.05) is 35.7 Å². The van der Waals surface area contributed by atoms with Crippen LogP contribution in [0.2, 0.25) is 0 Å². The number of benzene rings is 1. The first-order chi connectivity index (χ1) is 8.16. The van der Waals surface area contributed by atoms with Gasteiger partial charge >= 0.3 is 5.97 Å². The van der Waals surface area contributed by atoms with Crippen molar-refractivity contribution in [2.45, 2.75) is 12.5 Å². The Labute approximate surface area is 104 Å². The molecule has 0 radical (unpaired) electrons. The van der Waals surface area contributed by atoms with Crippen molar-refractivity contribution < 1.29 is 9.90 Å². The molecule has 2 rings (SSSR count). The monoisotopic (exact) mass is 247 g/mol. The summed E-state index contributed by atoms with van der Waals surface area (Å²) in [5.41, 5.74) is 7.77. The summed E-state index contributed by atoms with van der Waals surface area (Å²) in [6, 6.07) is 11.3. The second-order valence-corrected chi connectivity index (χ2v) is 4.75. The van der Waals surface area contributed by atoms with Crippen LogP contribution in [0, 0.1) is 0 Å². The van der Waals surface area contributed by atoms with Gasteiger partial charge < -0.3 is 10.8 Å². The van der Waals surface area contributed by atoms with Crippen molar-refractivity contribution in [3.8, 4) is 10.4 Å². The largest absolute Gasteiger partial charge is 0.481 e. The highest BCUT2D eigenvalue weighted by Gasteiger charge is 2.10. The Kier molecular flexibility index (Phi) is 3.56. The molecule has 0 saturated heterocycles. The number of carbonyl (C=O) groups is 1. The van der Waals surface area contributed by atoms with Crippen LogP contribution in [0.5, 0.6) is 0 Å². The van der Waals surface area contributed by atoms with Crippen LogP contribution in [-0.2, 0) is 4.79 Å². The van der Waals surface area contributed by atoms with E-state index in [1.54, 1.807) is 11.3 Å². The summed E-state index contributed by atoms with van der Waals surface area (Å²) in [7, 11) is 0. The van der Waals surface area contributed by atoms with Gasteiger partial charge in [-0.15, -0.1) is 11.3 Å². The molecule has 1 atom stereocenters. The number of aliphatic carboxylic acids is 1. The fourth-order valence-corrected chi connectivity index (χ4v) is 2.38. The Bertz CT molecular complexity index is 491. The number of rotatable bonds is 4. The zero-order chi connectivity index (χ0) is 12.3. The Balaban J connectivity index is 2.15. The highest BCUT2D eigenvalue weighted by Crippen LogP contribution is 2.26. The van der Waals surface area contributed by atoms with Gasteiger partial charge in [0.2, 0.25) is 0 Å². The summed E-state index contributed by atoms with van der Waals surface area (Å²) in [5, 5.41) is 10.7. The van der Waals surface area contributed by atoms with E-state index >= 15 is 0 Å². The van der Waals surface area contributed by atoms with Crippen LogP contribution in [0.1, 0.15) is 18.0 Å². The van der Waals surface area contributed by atoms with Crippen molar-refractivity contribution in [3.05, 3.63) is 47.3 Å². The van der Waals surface area contributed by atoms with E-state index in [4.69, 9.17) is 10.8 Å². The average Bonchev–Trinajstić information content (AvgIpc) is 2.82. The maximum absolute atomic E-state index is 10.6. The van der Waals surface area contributed by atoms with Crippen molar-refractivity contribution in [3.63, 3.8) is 0 Å². The Morgan fingerprint density at radius 1 is 1.29 bits per heavy atom. The molecular formula is C13H13NO2S. The van der Waals surface area contributed by atoms with Crippen LogP contribution in [0.3, 0.4) is 0 Å². The smallest absolute Gasteiger partial charge is 0.305 e. The molecular weight excluding hydrogens is 234 g/mol. The molecule has 88 valence electrons. The molecule has 1 aromatic carbocycles. The van der Waals surface area contributed by atoms with Crippen molar-refractivity contribution in [1.82, 2.24) is 0 Å². The maximum Gasteiger partial charge on any atom is 0.305 e. The third-order valence-corrected chi connectivity index (χ3v) is 3.46. The number of nitrogens with two attached hydrogens (primary N) is 1. The summed E-state index contributed by atoms with van der Waals surface area (Å²) in [6.07, 6.45) is -0.0433. The summed E-state index contributed by atoms with van der Waals surface area (Å²) in [6.45, 7) is 0. The Hall–Kier alpha value is -1.65. The van der Waals surface area contributed by atoms with Crippen molar-refractivity contribution in [2.75, 3.05) is 0 Å². The van der Waals surface area contributed by atoms with Crippen LogP contribution in [0.4, 0.5) is 0 Å². The first-order valence-corrected chi connectivity index (χ1v) is 6.16. The molecule has 2 aromatic rings. The van der Waals surface area contributed by atoms with Gasteiger partial charge in [0.1, 0.15) is 0 Å². The molecule has 17 heavy (non-hydrogen) atoms. The zero-order valence-electron chi connectivity index (χ0n) is 9.17. The van der Waals surface area contributed by atoms with Crippen LogP contribution < -0.4 is 5.73 Å². The molecule has 0 aliphatic carbocycles. The minimum Gasteiger partial charge on any atom is -0.481 e. The normalized spacial score (nSPS) is 12.3. The van der Waals surface area contributed by atoms with Gasteiger partial charge in [-0.3, -0.25) is 4.79 Å². The SMILES string of the molecule is NC(CC(=O)O)c1ccc(-c2cccs2)cc1. The van der Waals surface area contributed by atoms with Gasteiger partial charge in [0.15, 0.2) is 0 Å². The van der Waals surface area contributed by atoms with Gasteiger partial charge in [0, 0.05) is 10.9 Å². The molecule has 3 N–H and O–H groups in total. The third kappa shape index (κ3) is 2.93. The third-order valence-electron chi connectivity index (χ3n) is 2.54. The zero-order valence-corrected chi connectivity index (χ0v) is 9.98. The highest BCUT2D eigenvalue weighted by atomic mass is 32.1. The summed E-state index contributed by atoms with van der Waals surface area (Å²) < 4.78 is 0. The highest BCUT2D eigenvalue weighted by molar-refractivity contribution is 7.13. The lowest BCUT2D eigenvalue weighted by atomic mass is 10.0. The van der Waals surface area contributed by atoms with Crippen LogP contribution in [0.25, 0.3) is 10.4 Å². The van der Waals surface area contributed by atoms with E-state index in [0.29, 0.717) is 0 Å². The quantitative estimate of drug-likeness (QED) is 0.873. The van der Waals surface area contributed by atoms with Gasteiger partial charge in [-0.1, -0.05) is 30.3 Å². The van der Waals surface area contributed by atoms with E-state index in [0.717, 1.165) is 11.1 Å². The van der Waals surface area contributed by atoms with Crippen LogP contribution in [0.15, 0.2) is 41.8 Å². The fraction of sp³-hybridized carbons (Fsp3) is 0.154. The van der Waals surface area contributed by atoms with E-state index < -0.39 is 12.0 Å². The van der Waals surface area contributed by atoms with Crippen molar-refractivity contribution in [2.24, 2.45) is 5.73 Å². The number of hydrogen-bond acceptors (Lipinski definition) is 3. The van der Waals surface area contributed by atoms with Crippen LogP contribution >= 0.6 is 11.3 Å². The fourth-order valence-electron chi connectivity index (χ4n) is 1.64. The molecule has 0 aliphatic heterocycles. The lowest BCUT2D eigenvalue weighted by Gasteiger charge is -2.09. The number of carboxylic acid groups (broad SMARTS) is 1. The molecule has 1 unspecified atom stereocenters. The Morgan fingerprint density at radius 3 is 2.53 bits per heavy atom. The summed E-state index contributed by atoms with van der Waals surface area (Å²) >= 11 is 1.68. The predicted molar refractivity (Wildman–Crippen MR) is 68.9 cm³/mol. The first-order valence-electron chi connectivity index (χ1n) is 5.28. The molecule has 0 bridgehead atoms. The maximum atomic E-state index is 10.6. The summed E-state index contributed by atoms with van der Waals surface area (Å²) in [4.78, 5) is 11.8. The standard InChI is InChI=1S/C13H13NO2S/c14-11(8-13(15)16)9-3-5-10(6-4-9)12-2-1-7-17-12/h1-7,11H,8,14H2,(H,15,16). The number of carboxylic acids is 1. The van der Waals surface area contributed by atoms with Gasteiger partial charge in [0.25, 0.3) is 0 Å². The van der Waals surface area contributed by atoms with Gasteiger partial charge in [-0.05, 0) is 22.6 Å². The molecule has 0 fully saturated rings. The lowest BCUT2D eigenvalue weighted by Crippen LogP contribution is -2.14. The molecule has 1 aromatic heterocycles. The van der Waals surface area contributed by atoms with Gasteiger partial charge in [-0.25, -0.2) is 0 Å². The topological polar surface area (TPSA) is 63.3 Å².